The van der Waals surface area contributed by atoms with Crippen molar-refractivity contribution in [3.63, 3.8) is 0 Å². The third-order valence-corrected chi connectivity index (χ3v) is 7.77. The molecule has 0 aliphatic heterocycles. The van der Waals surface area contributed by atoms with Crippen LogP contribution >= 0.6 is 0 Å². The topological polar surface area (TPSA) is 118 Å². The van der Waals surface area contributed by atoms with Crippen molar-refractivity contribution < 1.29 is 18.1 Å². The maximum absolute atomic E-state index is 13.3. The van der Waals surface area contributed by atoms with Gasteiger partial charge in [0, 0.05) is 17.8 Å². The minimum absolute atomic E-state index is 0.122. The molecule has 9 heteroatoms. The molecule has 1 atom stereocenters. The molecule has 0 aromatic heterocycles. The van der Waals surface area contributed by atoms with Crippen molar-refractivity contribution in [2.24, 2.45) is 5.92 Å². The Morgan fingerprint density at radius 3 is 2.06 bits per heavy atom. The fourth-order valence-electron chi connectivity index (χ4n) is 4.64. The molecule has 0 radical (unpaired) electrons. The molecule has 170 valence electrons. The minimum Gasteiger partial charge on any atom is -0.324 e. The summed E-state index contributed by atoms with van der Waals surface area (Å²) in [6, 6.07) is 5.91. The van der Waals surface area contributed by atoms with Gasteiger partial charge in [0.25, 0.3) is 5.69 Å². The van der Waals surface area contributed by atoms with Gasteiger partial charge >= 0.3 is 0 Å². The number of amides is 1. The number of carbonyl (C=O) groups is 1. The van der Waals surface area contributed by atoms with Crippen molar-refractivity contribution in [2.45, 2.75) is 63.3 Å². The van der Waals surface area contributed by atoms with Gasteiger partial charge in [0.15, 0.2) is 0 Å². The molecule has 0 bridgehead atoms. The quantitative estimate of drug-likeness (QED) is 0.487. The summed E-state index contributed by atoms with van der Waals surface area (Å²) in [4.78, 5) is 23.4. The van der Waals surface area contributed by atoms with Crippen LogP contribution in [0.2, 0.25) is 0 Å². The number of fused-ring (bicyclic) bond motifs is 2. The molecule has 8 nitrogen and oxygen atoms in total. The first-order chi connectivity index (χ1) is 15.2. The Balaban J connectivity index is 1.59. The minimum atomic E-state index is -4.04. The van der Waals surface area contributed by atoms with Crippen LogP contribution in [0, 0.1) is 16.0 Å². The van der Waals surface area contributed by atoms with Crippen molar-refractivity contribution in [2.75, 3.05) is 5.32 Å². The summed E-state index contributed by atoms with van der Waals surface area (Å²) in [5.74, 6) is -0.687. The first-order valence-electron chi connectivity index (χ1n) is 10.9. The van der Waals surface area contributed by atoms with Crippen LogP contribution in [0.3, 0.4) is 0 Å². The van der Waals surface area contributed by atoms with Gasteiger partial charge in [-0.3, -0.25) is 14.9 Å². The molecular weight excluding hydrogens is 430 g/mol. The predicted molar refractivity (Wildman–Crippen MR) is 121 cm³/mol. The van der Waals surface area contributed by atoms with Crippen molar-refractivity contribution in [1.82, 2.24) is 4.72 Å². The Bertz CT molecular complexity index is 1140. The number of nitro groups is 1. The molecule has 0 fully saturated rings. The summed E-state index contributed by atoms with van der Waals surface area (Å²) < 4.78 is 28.3. The van der Waals surface area contributed by atoms with E-state index in [1.54, 1.807) is 13.8 Å². The van der Waals surface area contributed by atoms with Crippen LogP contribution in [0.1, 0.15) is 48.9 Å². The lowest BCUT2D eigenvalue weighted by Crippen LogP contribution is -2.47. The van der Waals surface area contributed by atoms with E-state index in [0.29, 0.717) is 0 Å². The Labute approximate surface area is 187 Å². The van der Waals surface area contributed by atoms with E-state index in [1.807, 2.05) is 0 Å². The average molecular weight is 458 g/mol. The standard InChI is InChI=1S/C23H27N3O5S/c1-14(2)21(25-32(30,31)18-11-9-17(10-12-18)26(28)29)23(27)24-22-19-7-3-5-15(19)13-16-6-4-8-20(16)22/h9-14,21,25H,3-8H2,1-2H3,(H,24,27)/t21-/m1/s1. The number of nitrogens with zero attached hydrogens (tertiary/aromatic N) is 1. The number of nitro benzene ring substituents is 1. The second kappa shape index (κ2) is 8.63. The van der Waals surface area contributed by atoms with Crippen LogP contribution < -0.4 is 10.0 Å². The summed E-state index contributed by atoms with van der Waals surface area (Å²) in [6.07, 6.45) is 5.96. The van der Waals surface area contributed by atoms with Crippen LogP contribution in [0.15, 0.2) is 35.2 Å². The molecule has 0 heterocycles. The number of carbonyl (C=O) groups excluding carboxylic acids is 1. The Kier molecular flexibility index (Phi) is 6.05. The van der Waals surface area contributed by atoms with Gasteiger partial charge in [-0.05, 0) is 78.8 Å². The second-order valence-electron chi connectivity index (χ2n) is 8.82. The zero-order valence-corrected chi connectivity index (χ0v) is 19.0. The highest BCUT2D eigenvalue weighted by Gasteiger charge is 2.31. The van der Waals surface area contributed by atoms with E-state index in [4.69, 9.17) is 0 Å². The fraction of sp³-hybridized carbons (Fsp3) is 0.435. The van der Waals surface area contributed by atoms with Gasteiger partial charge in [0.1, 0.15) is 6.04 Å². The van der Waals surface area contributed by atoms with Crippen LogP contribution in [0.4, 0.5) is 11.4 Å². The third-order valence-electron chi connectivity index (χ3n) is 6.31. The van der Waals surface area contributed by atoms with Gasteiger partial charge in [0.05, 0.1) is 9.82 Å². The highest BCUT2D eigenvalue weighted by molar-refractivity contribution is 7.89. The summed E-state index contributed by atoms with van der Waals surface area (Å²) in [6.45, 7) is 3.56. The van der Waals surface area contributed by atoms with Crippen molar-refractivity contribution in [3.8, 4) is 0 Å². The lowest BCUT2D eigenvalue weighted by atomic mass is 9.97. The Hall–Kier alpha value is -2.78. The zero-order valence-electron chi connectivity index (χ0n) is 18.2. The highest BCUT2D eigenvalue weighted by Crippen LogP contribution is 2.38. The fourth-order valence-corrected chi connectivity index (χ4v) is 5.99. The molecule has 2 aliphatic rings. The smallest absolute Gasteiger partial charge is 0.269 e. The molecule has 2 N–H and O–H groups in total. The largest absolute Gasteiger partial charge is 0.324 e. The number of nitrogens with one attached hydrogen (secondary N) is 2. The molecule has 0 unspecified atom stereocenters. The van der Waals surface area contributed by atoms with Gasteiger partial charge in [0.2, 0.25) is 15.9 Å². The first-order valence-corrected chi connectivity index (χ1v) is 12.4. The Morgan fingerprint density at radius 2 is 1.56 bits per heavy atom. The van der Waals surface area contributed by atoms with Crippen molar-refractivity contribution in [3.05, 3.63) is 62.7 Å². The predicted octanol–water partition coefficient (Wildman–Crippen LogP) is 3.51. The van der Waals surface area contributed by atoms with E-state index < -0.39 is 21.0 Å². The van der Waals surface area contributed by atoms with Gasteiger partial charge in [-0.2, -0.15) is 4.72 Å². The highest BCUT2D eigenvalue weighted by atomic mass is 32.2. The first kappa shape index (κ1) is 22.4. The Morgan fingerprint density at radius 1 is 1.00 bits per heavy atom. The normalized spacial score (nSPS) is 16.0. The van der Waals surface area contributed by atoms with Crippen LogP contribution in [-0.2, 0) is 40.5 Å². The third kappa shape index (κ3) is 4.27. The number of anilines is 1. The number of hydrogen-bond acceptors (Lipinski definition) is 5. The lowest BCUT2D eigenvalue weighted by molar-refractivity contribution is -0.384. The molecule has 0 saturated heterocycles. The van der Waals surface area contributed by atoms with E-state index >= 15 is 0 Å². The number of rotatable bonds is 7. The maximum atomic E-state index is 13.3. The van der Waals surface area contributed by atoms with Gasteiger partial charge < -0.3 is 5.32 Å². The number of aryl methyl sites for hydroxylation is 2. The molecular formula is C23H27N3O5S. The summed E-state index contributed by atoms with van der Waals surface area (Å²) in [5, 5.41) is 13.9. The van der Waals surface area contributed by atoms with Gasteiger partial charge in [-0.1, -0.05) is 19.9 Å². The molecule has 0 saturated carbocycles. The summed E-state index contributed by atoms with van der Waals surface area (Å²) in [7, 11) is -4.04. The molecule has 32 heavy (non-hydrogen) atoms. The van der Waals surface area contributed by atoms with E-state index in [0.717, 1.165) is 56.3 Å². The average Bonchev–Trinajstić information content (AvgIpc) is 3.41. The molecule has 2 aliphatic carbocycles. The van der Waals surface area contributed by atoms with E-state index in [-0.39, 0.29) is 22.4 Å². The number of sulfonamides is 1. The van der Waals surface area contributed by atoms with Gasteiger partial charge in [-0.15, -0.1) is 0 Å². The second-order valence-corrected chi connectivity index (χ2v) is 10.5. The van der Waals surface area contributed by atoms with Crippen molar-refractivity contribution >= 4 is 27.3 Å². The molecule has 4 rings (SSSR count). The molecule has 2 aromatic rings. The monoisotopic (exact) mass is 457 g/mol. The zero-order chi connectivity index (χ0) is 23.0. The van der Waals surface area contributed by atoms with E-state index in [1.165, 1.54) is 34.4 Å². The maximum Gasteiger partial charge on any atom is 0.269 e. The summed E-state index contributed by atoms with van der Waals surface area (Å²) >= 11 is 0. The van der Waals surface area contributed by atoms with E-state index in [9.17, 15) is 23.3 Å². The summed E-state index contributed by atoms with van der Waals surface area (Å²) in [5.41, 5.74) is 5.60. The van der Waals surface area contributed by atoms with Gasteiger partial charge in [-0.25, -0.2) is 8.42 Å². The van der Waals surface area contributed by atoms with E-state index in [2.05, 4.69) is 16.1 Å². The lowest BCUT2D eigenvalue weighted by Gasteiger charge is -2.24. The number of hydrogen-bond donors (Lipinski definition) is 2. The SMILES string of the molecule is CC(C)[C@@H](NS(=O)(=O)c1ccc([N+](=O)[O-])cc1)C(=O)Nc1c2c(cc3c1CCC3)CCC2. The molecule has 1 amide bonds. The van der Waals surface area contributed by atoms with Crippen molar-refractivity contribution in [1.29, 1.82) is 0 Å². The molecule has 0 spiro atoms. The number of non-ortho nitro benzene ring substituents is 1. The molecule has 2 aromatic carbocycles. The van der Waals surface area contributed by atoms with Crippen LogP contribution in [-0.4, -0.2) is 25.3 Å². The number of benzene rings is 2. The van der Waals surface area contributed by atoms with Crippen LogP contribution in [0.5, 0.6) is 0 Å². The van der Waals surface area contributed by atoms with Crippen LogP contribution in [0.25, 0.3) is 0 Å².